The number of morpholine rings is 1. The Bertz CT molecular complexity index is 220. The van der Waals surface area contributed by atoms with E-state index in [2.05, 4.69) is 15.2 Å². The third kappa shape index (κ3) is 7.12. The molecule has 17 heavy (non-hydrogen) atoms. The molecule has 0 aliphatic carbocycles. The number of ether oxygens (including phenoxy) is 1. The van der Waals surface area contributed by atoms with Gasteiger partial charge in [0.2, 0.25) is 0 Å². The minimum absolute atomic E-state index is 0.339. The molecule has 1 rings (SSSR count). The molecular weight excluding hydrogens is 223 g/mol. The van der Waals surface area contributed by atoms with Crippen LogP contribution in [0.15, 0.2) is 4.99 Å². The Balaban J connectivity index is 1.97. The van der Waals surface area contributed by atoms with Gasteiger partial charge in [-0.3, -0.25) is 14.3 Å². The molecule has 0 saturated carbocycles. The highest BCUT2D eigenvalue weighted by Gasteiger charge is 2.08. The zero-order chi connectivity index (χ0) is 12.3. The first kappa shape index (κ1) is 14.2. The maximum atomic E-state index is 11.8. The number of halogens is 1. The Morgan fingerprint density at radius 2 is 2.12 bits per heavy atom. The molecule has 5 nitrogen and oxygen atoms in total. The lowest BCUT2D eigenvalue weighted by Gasteiger charge is -2.26. The number of rotatable bonds is 7. The second-order valence-corrected chi connectivity index (χ2v) is 4.04. The van der Waals surface area contributed by atoms with Gasteiger partial charge in [0, 0.05) is 26.2 Å². The minimum atomic E-state index is -0.339. The highest BCUT2D eigenvalue weighted by atomic mass is 19.1. The zero-order valence-electron chi connectivity index (χ0n) is 10.3. The number of guanidine groups is 1. The van der Waals surface area contributed by atoms with Gasteiger partial charge in [0.1, 0.15) is 0 Å². The number of nitrogens with zero attached hydrogens (tertiary/aromatic N) is 2. The molecule has 0 radical (unpaired) electrons. The highest BCUT2D eigenvalue weighted by Crippen LogP contribution is 1.97. The minimum Gasteiger partial charge on any atom is -0.379 e. The fourth-order valence-electron chi connectivity index (χ4n) is 1.66. The van der Waals surface area contributed by atoms with Gasteiger partial charge in [-0.2, -0.15) is 0 Å². The number of nitrogens with two attached hydrogens (primary N) is 1. The van der Waals surface area contributed by atoms with Crippen LogP contribution >= 0.6 is 0 Å². The van der Waals surface area contributed by atoms with Crippen LogP contribution in [0.2, 0.25) is 0 Å². The second kappa shape index (κ2) is 9.18. The van der Waals surface area contributed by atoms with Crippen LogP contribution < -0.4 is 11.1 Å². The predicted octanol–water partition coefficient (Wildman–Crippen LogP) is -0.0274. The van der Waals surface area contributed by atoms with Crippen molar-refractivity contribution in [3.63, 3.8) is 0 Å². The number of nitrogens with one attached hydrogen (secondary N) is 1. The first-order chi connectivity index (χ1) is 8.33. The molecule has 3 N–H and O–H groups in total. The van der Waals surface area contributed by atoms with E-state index in [0.717, 1.165) is 45.8 Å². The van der Waals surface area contributed by atoms with Gasteiger partial charge in [0.05, 0.1) is 19.9 Å². The standard InChI is InChI=1S/C11H23FN4O/c12-3-1-4-14-11(13)15-5-2-6-16-7-9-17-10-8-16/h1-10H2,(H3,13,14,15). The molecule has 1 heterocycles. The molecule has 0 bridgehead atoms. The molecule has 6 heteroatoms. The van der Waals surface area contributed by atoms with Crippen LogP contribution in [0.25, 0.3) is 0 Å². The van der Waals surface area contributed by atoms with Crippen molar-refractivity contribution in [1.82, 2.24) is 10.2 Å². The quantitative estimate of drug-likeness (QED) is 0.376. The van der Waals surface area contributed by atoms with Crippen LogP contribution in [0, 0.1) is 0 Å². The van der Waals surface area contributed by atoms with E-state index >= 15 is 0 Å². The van der Waals surface area contributed by atoms with E-state index in [1.165, 1.54) is 0 Å². The lowest BCUT2D eigenvalue weighted by molar-refractivity contribution is 0.0376. The zero-order valence-corrected chi connectivity index (χ0v) is 10.3. The number of hydrogen-bond acceptors (Lipinski definition) is 3. The summed E-state index contributed by atoms with van der Waals surface area (Å²) in [5.41, 5.74) is 5.62. The van der Waals surface area contributed by atoms with Crippen LogP contribution in [0.3, 0.4) is 0 Å². The molecule has 0 aromatic carbocycles. The van der Waals surface area contributed by atoms with Crippen molar-refractivity contribution < 1.29 is 9.13 Å². The second-order valence-electron chi connectivity index (χ2n) is 4.04. The van der Waals surface area contributed by atoms with Crippen LogP contribution in [-0.2, 0) is 4.74 Å². The van der Waals surface area contributed by atoms with Gasteiger partial charge in [-0.25, -0.2) is 0 Å². The largest absolute Gasteiger partial charge is 0.379 e. The summed E-state index contributed by atoms with van der Waals surface area (Å²) in [6.45, 7) is 5.67. The molecule has 1 fully saturated rings. The summed E-state index contributed by atoms with van der Waals surface area (Å²) in [6.07, 6.45) is 1.47. The van der Waals surface area contributed by atoms with Crippen molar-refractivity contribution in [3.8, 4) is 0 Å². The molecular formula is C11H23FN4O. The molecule has 0 aromatic rings. The van der Waals surface area contributed by atoms with E-state index in [1.54, 1.807) is 0 Å². The third-order valence-corrected chi connectivity index (χ3v) is 2.63. The highest BCUT2D eigenvalue weighted by molar-refractivity contribution is 5.77. The Morgan fingerprint density at radius 3 is 2.82 bits per heavy atom. The molecule has 1 aliphatic rings. The smallest absolute Gasteiger partial charge is 0.188 e. The van der Waals surface area contributed by atoms with Gasteiger partial charge in [-0.05, 0) is 19.4 Å². The van der Waals surface area contributed by atoms with Crippen molar-refractivity contribution in [2.45, 2.75) is 12.8 Å². The maximum absolute atomic E-state index is 11.8. The van der Waals surface area contributed by atoms with Crippen LogP contribution in [0.5, 0.6) is 0 Å². The average molecular weight is 246 g/mol. The summed E-state index contributed by atoms with van der Waals surface area (Å²) in [4.78, 5) is 6.38. The summed E-state index contributed by atoms with van der Waals surface area (Å²) in [5.74, 6) is 0.417. The fraction of sp³-hybridized carbons (Fsp3) is 0.909. The van der Waals surface area contributed by atoms with Crippen LogP contribution in [0.1, 0.15) is 12.8 Å². The van der Waals surface area contributed by atoms with Crippen LogP contribution in [-0.4, -0.2) is 63.5 Å². The summed E-state index contributed by atoms with van der Waals surface area (Å²) >= 11 is 0. The normalized spacial score (nSPS) is 18.3. The molecule has 1 aliphatic heterocycles. The summed E-state index contributed by atoms with van der Waals surface area (Å²) in [6, 6.07) is 0. The van der Waals surface area contributed by atoms with Crippen molar-refractivity contribution >= 4 is 5.96 Å². The number of hydrogen-bond donors (Lipinski definition) is 2. The number of aliphatic imine (C=N–C) groups is 1. The van der Waals surface area contributed by atoms with E-state index in [-0.39, 0.29) is 6.67 Å². The van der Waals surface area contributed by atoms with E-state index in [1.807, 2.05) is 0 Å². The topological polar surface area (TPSA) is 62.9 Å². The lowest BCUT2D eigenvalue weighted by atomic mass is 10.3. The maximum Gasteiger partial charge on any atom is 0.188 e. The Kier molecular flexibility index (Phi) is 7.66. The van der Waals surface area contributed by atoms with Gasteiger partial charge in [-0.15, -0.1) is 0 Å². The van der Waals surface area contributed by atoms with Crippen molar-refractivity contribution in [2.75, 3.05) is 52.6 Å². The molecule has 1 saturated heterocycles. The Hall–Kier alpha value is -0.880. The summed E-state index contributed by atoms with van der Waals surface area (Å²) < 4.78 is 17.1. The summed E-state index contributed by atoms with van der Waals surface area (Å²) in [7, 11) is 0. The molecule has 0 aromatic heterocycles. The van der Waals surface area contributed by atoms with Gasteiger partial charge in [0.15, 0.2) is 5.96 Å². The molecule has 0 atom stereocenters. The van der Waals surface area contributed by atoms with E-state index < -0.39 is 0 Å². The van der Waals surface area contributed by atoms with E-state index in [9.17, 15) is 4.39 Å². The predicted molar refractivity (Wildman–Crippen MR) is 67.0 cm³/mol. The molecule has 100 valence electrons. The monoisotopic (exact) mass is 246 g/mol. The first-order valence-electron chi connectivity index (χ1n) is 6.23. The average Bonchev–Trinajstić information content (AvgIpc) is 2.36. The first-order valence-corrected chi connectivity index (χ1v) is 6.23. The van der Waals surface area contributed by atoms with E-state index in [4.69, 9.17) is 10.5 Å². The molecule has 0 spiro atoms. The lowest BCUT2D eigenvalue weighted by Crippen LogP contribution is -2.39. The Morgan fingerprint density at radius 1 is 1.35 bits per heavy atom. The van der Waals surface area contributed by atoms with Gasteiger partial charge in [0.25, 0.3) is 0 Å². The van der Waals surface area contributed by atoms with Gasteiger partial charge >= 0.3 is 0 Å². The SMILES string of the molecule is NC(=NCCCF)NCCCN1CCOCC1. The molecule has 0 unspecified atom stereocenters. The van der Waals surface area contributed by atoms with E-state index in [0.29, 0.717) is 18.9 Å². The summed E-state index contributed by atoms with van der Waals surface area (Å²) in [5, 5.41) is 3.03. The fourth-order valence-corrected chi connectivity index (χ4v) is 1.66. The van der Waals surface area contributed by atoms with Crippen molar-refractivity contribution in [1.29, 1.82) is 0 Å². The van der Waals surface area contributed by atoms with Crippen LogP contribution in [0.4, 0.5) is 4.39 Å². The third-order valence-electron chi connectivity index (χ3n) is 2.63. The van der Waals surface area contributed by atoms with Gasteiger partial charge in [-0.1, -0.05) is 0 Å². The Labute approximate surface area is 102 Å². The molecule has 0 amide bonds. The van der Waals surface area contributed by atoms with Crippen molar-refractivity contribution in [2.24, 2.45) is 10.7 Å². The van der Waals surface area contributed by atoms with Gasteiger partial charge < -0.3 is 15.8 Å². The van der Waals surface area contributed by atoms with Crippen molar-refractivity contribution in [3.05, 3.63) is 0 Å². The number of alkyl halides is 1.